The summed E-state index contributed by atoms with van der Waals surface area (Å²) in [4.78, 5) is 0.286. The zero-order chi connectivity index (χ0) is 11.8. The molecule has 0 amide bonds. The molecule has 0 spiro atoms. The second-order valence-corrected chi connectivity index (χ2v) is 7.09. The van der Waals surface area contributed by atoms with Gasteiger partial charge in [-0.25, -0.2) is 13.1 Å². The van der Waals surface area contributed by atoms with Crippen LogP contribution in [0.3, 0.4) is 0 Å². The first-order valence-electron chi connectivity index (χ1n) is 4.89. The SMILES string of the molecule is O=S(=O)(NC1CC(Cl)C1)c1ccc(Br)cc1. The molecular formula is C10H11BrClNO2S. The summed E-state index contributed by atoms with van der Waals surface area (Å²) >= 11 is 9.06. The van der Waals surface area contributed by atoms with Crippen molar-refractivity contribution >= 4 is 37.6 Å². The van der Waals surface area contributed by atoms with Gasteiger partial charge in [0.25, 0.3) is 0 Å². The van der Waals surface area contributed by atoms with Gasteiger partial charge in [0, 0.05) is 15.9 Å². The summed E-state index contributed by atoms with van der Waals surface area (Å²) in [6, 6.07) is 6.54. The highest BCUT2D eigenvalue weighted by molar-refractivity contribution is 9.10. The van der Waals surface area contributed by atoms with Crippen LogP contribution in [0.4, 0.5) is 0 Å². The minimum Gasteiger partial charge on any atom is -0.208 e. The van der Waals surface area contributed by atoms with Crippen molar-refractivity contribution in [2.75, 3.05) is 0 Å². The third-order valence-electron chi connectivity index (χ3n) is 2.53. The summed E-state index contributed by atoms with van der Waals surface area (Å²) < 4.78 is 27.3. The molecule has 6 heteroatoms. The highest BCUT2D eigenvalue weighted by atomic mass is 79.9. The third kappa shape index (κ3) is 2.77. The number of alkyl halides is 1. The Morgan fingerprint density at radius 1 is 1.25 bits per heavy atom. The van der Waals surface area contributed by atoms with Crippen LogP contribution in [-0.4, -0.2) is 19.8 Å². The number of nitrogens with one attached hydrogen (secondary N) is 1. The molecule has 1 aliphatic rings. The van der Waals surface area contributed by atoms with Gasteiger partial charge in [0.05, 0.1) is 4.90 Å². The Hall–Kier alpha value is -0.100. The monoisotopic (exact) mass is 323 g/mol. The van der Waals surface area contributed by atoms with Gasteiger partial charge in [0.1, 0.15) is 0 Å². The van der Waals surface area contributed by atoms with E-state index in [9.17, 15) is 8.42 Å². The molecule has 0 heterocycles. The van der Waals surface area contributed by atoms with Gasteiger partial charge < -0.3 is 0 Å². The third-order valence-corrected chi connectivity index (χ3v) is 4.95. The first kappa shape index (κ1) is 12.4. The standard InChI is InChI=1S/C10H11BrClNO2S/c11-7-1-3-10(4-2-7)16(14,15)13-9-5-8(12)6-9/h1-4,8-9,13H,5-6H2. The van der Waals surface area contributed by atoms with E-state index in [0.29, 0.717) is 12.8 Å². The summed E-state index contributed by atoms with van der Waals surface area (Å²) in [6.07, 6.45) is 1.41. The Bertz CT molecular complexity index is 468. The highest BCUT2D eigenvalue weighted by Crippen LogP contribution is 2.27. The number of rotatable bonds is 3. The maximum absolute atomic E-state index is 11.9. The lowest BCUT2D eigenvalue weighted by atomic mass is 9.94. The van der Waals surface area contributed by atoms with Crippen LogP contribution in [0.1, 0.15) is 12.8 Å². The molecule has 88 valence electrons. The van der Waals surface area contributed by atoms with Gasteiger partial charge >= 0.3 is 0 Å². The van der Waals surface area contributed by atoms with E-state index in [1.54, 1.807) is 24.3 Å². The molecule has 1 aromatic rings. The van der Waals surface area contributed by atoms with E-state index in [0.717, 1.165) is 4.47 Å². The fourth-order valence-corrected chi connectivity index (χ4v) is 3.50. The predicted molar refractivity (Wildman–Crippen MR) is 67.1 cm³/mol. The normalized spacial score (nSPS) is 25.1. The van der Waals surface area contributed by atoms with Crippen molar-refractivity contribution in [3.05, 3.63) is 28.7 Å². The topological polar surface area (TPSA) is 46.2 Å². The maximum atomic E-state index is 11.9. The predicted octanol–water partition coefficient (Wildman–Crippen LogP) is 2.50. The van der Waals surface area contributed by atoms with Crippen LogP contribution in [0.5, 0.6) is 0 Å². The van der Waals surface area contributed by atoms with Crippen molar-refractivity contribution in [3.63, 3.8) is 0 Å². The molecule has 0 bridgehead atoms. The zero-order valence-corrected chi connectivity index (χ0v) is 11.5. The van der Waals surface area contributed by atoms with Gasteiger partial charge in [-0.3, -0.25) is 0 Å². The van der Waals surface area contributed by atoms with E-state index in [1.165, 1.54) is 0 Å². The number of sulfonamides is 1. The lowest BCUT2D eigenvalue weighted by Crippen LogP contribution is -2.44. The smallest absolute Gasteiger partial charge is 0.208 e. The molecule has 0 radical (unpaired) electrons. The summed E-state index contributed by atoms with van der Waals surface area (Å²) in [5, 5.41) is 0.109. The van der Waals surface area contributed by atoms with E-state index < -0.39 is 10.0 Å². The van der Waals surface area contributed by atoms with Crippen LogP contribution in [0, 0.1) is 0 Å². The summed E-state index contributed by atoms with van der Waals surface area (Å²) in [5.74, 6) is 0. The van der Waals surface area contributed by atoms with Gasteiger partial charge in [-0.1, -0.05) is 15.9 Å². The Morgan fingerprint density at radius 3 is 2.31 bits per heavy atom. The van der Waals surface area contributed by atoms with E-state index in [1.807, 2.05) is 0 Å². The first-order valence-corrected chi connectivity index (χ1v) is 7.60. The molecule has 16 heavy (non-hydrogen) atoms. The molecule has 0 saturated heterocycles. The number of hydrogen-bond donors (Lipinski definition) is 1. The Labute approximate surface area is 108 Å². The van der Waals surface area contributed by atoms with Crippen molar-refractivity contribution in [1.82, 2.24) is 4.72 Å². The Balaban J connectivity index is 2.10. The molecule has 1 N–H and O–H groups in total. The molecule has 2 rings (SSSR count). The molecule has 1 aliphatic carbocycles. The van der Waals surface area contributed by atoms with E-state index in [2.05, 4.69) is 20.7 Å². The fraction of sp³-hybridized carbons (Fsp3) is 0.400. The fourth-order valence-electron chi connectivity index (χ4n) is 1.55. The second kappa shape index (κ2) is 4.64. The Morgan fingerprint density at radius 2 is 1.81 bits per heavy atom. The quantitative estimate of drug-likeness (QED) is 0.868. The van der Waals surface area contributed by atoms with E-state index in [4.69, 9.17) is 11.6 Å². The number of halogens is 2. The molecule has 1 aromatic carbocycles. The average Bonchev–Trinajstić information content (AvgIpc) is 2.15. The molecule has 0 aliphatic heterocycles. The van der Waals surface area contributed by atoms with E-state index in [-0.39, 0.29) is 16.3 Å². The van der Waals surface area contributed by atoms with Crippen molar-refractivity contribution < 1.29 is 8.42 Å². The van der Waals surface area contributed by atoms with Crippen LogP contribution in [0.15, 0.2) is 33.6 Å². The minimum absolute atomic E-state index is 0.0175. The summed E-state index contributed by atoms with van der Waals surface area (Å²) in [5.41, 5.74) is 0. The first-order chi connectivity index (χ1) is 7.47. The summed E-state index contributed by atoms with van der Waals surface area (Å²) in [7, 11) is -3.39. The van der Waals surface area contributed by atoms with Crippen molar-refractivity contribution in [3.8, 4) is 0 Å². The van der Waals surface area contributed by atoms with Crippen LogP contribution in [0.2, 0.25) is 0 Å². The number of benzene rings is 1. The van der Waals surface area contributed by atoms with Gasteiger partial charge in [-0.15, -0.1) is 11.6 Å². The van der Waals surface area contributed by atoms with Gasteiger partial charge in [0.2, 0.25) is 10.0 Å². The van der Waals surface area contributed by atoms with Crippen LogP contribution < -0.4 is 4.72 Å². The van der Waals surface area contributed by atoms with Crippen LogP contribution in [0.25, 0.3) is 0 Å². The molecule has 3 nitrogen and oxygen atoms in total. The number of hydrogen-bond acceptors (Lipinski definition) is 2. The van der Waals surface area contributed by atoms with Gasteiger partial charge in [-0.2, -0.15) is 0 Å². The van der Waals surface area contributed by atoms with Crippen LogP contribution >= 0.6 is 27.5 Å². The second-order valence-electron chi connectivity index (χ2n) is 3.84. The molecule has 1 saturated carbocycles. The lowest BCUT2D eigenvalue weighted by molar-refractivity contribution is 0.391. The van der Waals surface area contributed by atoms with Crippen LogP contribution in [-0.2, 0) is 10.0 Å². The largest absolute Gasteiger partial charge is 0.240 e. The van der Waals surface area contributed by atoms with Gasteiger partial charge in [0.15, 0.2) is 0 Å². The van der Waals surface area contributed by atoms with Crippen molar-refractivity contribution in [1.29, 1.82) is 0 Å². The molecule has 0 unspecified atom stereocenters. The molecular weight excluding hydrogens is 314 g/mol. The maximum Gasteiger partial charge on any atom is 0.240 e. The lowest BCUT2D eigenvalue weighted by Gasteiger charge is -2.31. The van der Waals surface area contributed by atoms with Gasteiger partial charge in [-0.05, 0) is 37.1 Å². The summed E-state index contributed by atoms with van der Waals surface area (Å²) in [6.45, 7) is 0. The molecule has 1 fully saturated rings. The zero-order valence-electron chi connectivity index (χ0n) is 8.36. The average molecular weight is 325 g/mol. The highest BCUT2D eigenvalue weighted by Gasteiger charge is 2.31. The van der Waals surface area contributed by atoms with Crippen molar-refractivity contribution in [2.45, 2.75) is 29.2 Å². The van der Waals surface area contributed by atoms with E-state index >= 15 is 0 Å². The van der Waals surface area contributed by atoms with Crippen molar-refractivity contribution in [2.24, 2.45) is 0 Å². The molecule has 0 atom stereocenters. The minimum atomic E-state index is -3.39. The Kier molecular flexibility index (Phi) is 3.59. The molecule has 0 aromatic heterocycles.